The van der Waals surface area contributed by atoms with Crippen molar-refractivity contribution in [3.8, 4) is 0 Å². The lowest BCUT2D eigenvalue weighted by molar-refractivity contribution is -0.0173. The zero-order valence-electron chi connectivity index (χ0n) is 7.79. The third-order valence-electron chi connectivity index (χ3n) is 2.23. The molecule has 1 rings (SSSR count). The molecule has 3 heteroatoms. The average molecular weight is 172 g/mol. The van der Waals surface area contributed by atoms with Crippen molar-refractivity contribution < 1.29 is 4.74 Å². The first kappa shape index (κ1) is 9.96. The third-order valence-corrected chi connectivity index (χ3v) is 2.23. The first-order valence-corrected chi connectivity index (χ1v) is 4.86. The highest BCUT2D eigenvalue weighted by molar-refractivity contribution is 4.71. The van der Waals surface area contributed by atoms with Crippen LogP contribution in [0.5, 0.6) is 0 Å². The van der Waals surface area contributed by atoms with Gasteiger partial charge in [0.05, 0.1) is 12.7 Å². The summed E-state index contributed by atoms with van der Waals surface area (Å²) < 4.78 is 5.45. The zero-order valence-corrected chi connectivity index (χ0v) is 7.79. The van der Waals surface area contributed by atoms with Gasteiger partial charge in [-0.25, -0.2) is 0 Å². The van der Waals surface area contributed by atoms with E-state index in [1.807, 2.05) is 0 Å². The Morgan fingerprint density at radius 1 is 1.50 bits per heavy atom. The molecule has 1 aliphatic heterocycles. The van der Waals surface area contributed by atoms with Crippen LogP contribution in [0.4, 0.5) is 0 Å². The van der Waals surface area contributed by atoms with Crippen LogP contribution >= 0.6 is 0 Å². The molecule has 0 amide bonds. The number of hydroxylamine groups is 2. The molecule has 0 N–H and O–H groups in total. The average Bonchev–Trinajstić information content (AvgIpc) is 2.05. The van der Waals surface area contributed by atoms with Crippen LogP contribution < -0.4 is 0 Å². The number of hydrogen-bond donors (Lipinski definition) is 0. The quantitative estimate of drug-likeness (QED) is 0.606. The van der Waals surface area contributed by atoms with E-state index in [-0.39, 0.29) is 6.10 Å². The van der Waals surface area contributed by atoms with Gasteiger partial charge in [0.2, 0.25) is 0 Å². The van der Waals surface area contributed by atoms with Gasteiger partial charge >= 0.3 is 0 Å². The van der Waals surface area contributed by atoms with Gasteiger partial charge in [-0.05, 0) is 6.42 Å². The second-order valence-corrected chi connectivity index (χ2v) is 3.38. The van der Waals surface area contributed by atoms with Crippen LogP contribution in [0.15, 0.2) is 0 Å². The first-order chi connectivity index (χ1) is 5.83. The molecule has 0 aromatic rings. The number of morpholine rings is 1. The lowest BCUT2D eigenvalue weighted by Crippen LogP contribution is -2.38. The van der Waals surface area contributed by atoms with Crippen molar-refractivity contribution in [2.24, 2.45) is 0 Å². The second-order valence-electron chi connectivity index (χ2n) is 3.38. The van der Waals surface area contributed by atoms with Gasteiger partial charge in [-0.15, -0.1) is 0 Å². The van der Waals surface area contributed by atoms with Crippen LogP contribution in [0.3, 0.4) is 0 Å². The Balaban J connectivity index is 2.06. The summed E-state index contributed by atoms with van der Waals surface area (Å²) in [6, 6.07) is 0. The number of ether oxygens (including phenoxy) is 1. The van der Waals surface area contributed by atoms with Crippen molar-refractivity contribution in [1.29, 1.82) is 0 Å². The predicted molar refractivity (Wildman–Crippen MR) is 48.8 cm³/mol. The van der Waals surface area contributed by atoms with Gasteiger partial charge in [0.25, 0.3) is 0 Å². The predicted octanol–water partition coefficient (Wildman–Crippen LogP) is 1.77. The highest BCUT2D eigenvalue weighted by atomic mass is 16.5. The summed E-state index contributed by atoms with van der Waals surface area (Å²) in [5.74, 6) is 0. The maximum Gasteiger partial charge on any atom is 0.0693 e. The zero-order chi connectivity index (χ0) is 8.81. The SMILES string of the molecule is CCCCCC1CN([O-])CCO1. The second kappa shape index (κ2) is 5.51. The van der Waals surface area contributed by atoms with Gasteiger partial charge in [-0.3, -0.25) is 0 Å². The molecular formula is C9H18NO2-. The third kappa shape index (κ3) is 3.52. The lowest BCUT2D eigenvalue weighted by Gasteiger charge is -2.37. The Kier molecular flexibility index (Phi) is 4.58. The molecule has 1 aliphatic rings. The Labute approximate surface area is 74.3 Å². The van der Waals surface area contributed by atoms with Crippen molar-refractivity contribution in [3.63, 3.8) is 0 Å². The van der Waals surface area contributed by atoms with E-state index in [0.29, 0.717) is 19.7 Å². The largest absolute Gasteiger partial charge is 0.785 e. The molecule has 1 saturated heterocycles. The van der Waals surface area contributed by atoms with Gasteiger partial charge in [-0.1, -0.05) is 26.2 Å². The molecule has 0 aromatic carbocycles. The Morgan fingerprint density at radius 3 is 3.00 bits per heavy atom. The van der Waals surface area contributed by atoms with Crippen molar-refractivity contribution in [2.45, 2.75) is 38.7 Å². The van der Waals surface area contributed by atoms with E-state index in [1.54, 1.807) is 0 Å². The van der Waals surface area contributed by atoms with E-state index in [1.165, 1.54) is 19.3 Å². The van der Waals surface area contributed by atoms with Gasteiger partial charge in [0.1, 0.15) is 0 Å². The van der Waals surface area contributed by atoms with E-state index < -0.39 is 0 Å². The fourth-order valence-corrected chi connectivity index (χ4v) is 1.49. The number of unbranched alkanes of at least 4 members (excludes halogenated alkanes) is 2. The molecule has 12 heavy (non-hydrogen) atoms. The summed E-state index contributed by atoms with van der Waals surface area (Å²) in [7, 11) is 0. The maximum atomic E-state index is 10.9. The van der Waals surface area contributed by atoms with E-state index in [0.717, 1.165) is 11.5 Å². The molecule has 1 atom stereocenters. The van der Waals surface area contributed by atoms with Gasteiger partial charge in [0.15, 0.2) is 0 Å². The molecule has 1 fully saturated rings. The van der Waals surface area contributed by atoms with E-state index in [2.05, 4.69) is 6.92 Å². The van der Waals surface area contributed by atoms with Gasteiger partial charge in [-0.2, -0.15) is 0 Å². The van der Waals surface area contributed by atoms with Crippen LogP contribution in [0.2, 0.25) is 0 Å². The summed E-state index contributed by atoms with van der Waals surface area (Å²) in [4.78, 5) is 0. The molecule has 0 bridgehead atoms. The number of nitrogens with zero attached hydrogens (tertiary/aromatic N) is 1. The van der Waals surface area contributed by atoms with Crippen LogP contribution in [0.1, 0.15) is 32.6 Å². The topological polar surface area (TPSA) is 35.5 Å². The minimum Gasteiger partial charge on any atom is -0.785 e. The van der Waals surface area contributed by atoms with Crippen molar-refractivity contribution >= 4 is 0 Å². The van der Waals surface area contributed by atoms with Crippen molar-refractivity contribution in [2.75, 3.05) is 19.7 Å². The molecule has 0 saturated carbocycles. The normalized spacial score (nSPS) is 26.0. The fraction of sp³-hybridized carbons (Fsp3) is 1.00. The van der Waals surface area contributed by atoms with Crippen molar-refractivity contribution in [3.05, 3.63) is 5.21 Å². The highest BCUT2D eigenvalue weighted by Crippen LogP contribution is 2.11. The van der Waals surface area contributed by atoms with Crippen LogP contribution in [0, 0.1) is 5.21 Å². The molecule has 1 unspecified atom stereocenters. The molecule has 0 aromatic heterocycles. The minimum atomic E-state index is 0.197. The summed E-state index contributed by atoms with van der Waals surface area (Å²) in [5, 5.41) is 12.1. The van der Waals surface area contributed by atoms with E-state index in [4.69, 9.17) is 4.74 Å². The summed E-state index contributed by atoms with van der Waals surface area (Å²) >= 11 is 0. The standard InChI is InChI=1S/C9H18NO2/c1-2-3-4-5-9-8-10(11)6-7-12-9/h9H,2-8H2,1H3/q-1. The number of hydrogen-bond acceptors (Lipinski definition) is 3. The van der Waals surface area contributed by atoms with Gasteiger partial charge < -0.3 is 15.0 Å². The number of rotatable bonds is 4. The smallest absolute Gasteiger partial charge is 0.0693 e. The molecule has 0 aliphatic carbocycles. The van der Waals surface area contributed by atoms with E-state index in [9.17, 15) is 5.21 Å². The molecule has 0 radical (unpaired) electrons. The van der Waals surface area contributed by atoms with Crippen LogP contribution in [0.25, 0.3) is 0 Å². The molecule has 1 heterocycles. The molecular weight excluding hydrogens is 154 g/mol. The minimum absolute atomic E-state index is 0.197. The summed E-state index contributed by atoms with van der Waals surface area (Å²) in [6.07, 6.45) is 4.91. The Bertz CT molecular complexity index is 119. The van der Waals surface area contributed by atoms with Crippen LogP contribution in [-0.2, 0) is 4.74 Å². The Hall–Kier alpha value is -0.120. The molecule has 72 valence electrons. The highest BCUT2D eigenvalue weighted by Gasteiger charge is 2.13. The maximum absolute atomic E-state index is 10.9. The Morgan fingerprint density at radius 2 is 2.33 bits per heavy atom. The summed E-state index contributed by atoms with van der Waals surface area (Å²) in [6.45, 7) is 3.91. The first-order valence-electron chi connectivity index (χ1n) is 4.86. The fourth-order valence-electron chi connectivity index (χ4n) is 1.49. The molecule has 0 spiro atoms. The molecule has 3 nitrogen and oxygen atoms in total. The lowest BCUT2D eigenvalue weighted by atomic mass is 10.1. The van der Waals surface area contributed by atoms with Crippen LogP contribution in [-0.4, -0.2) is 30.9 Å². The monoisotopic (exact) mass is 172 g/mol. The van der Waals surface area contributed by atoms with E-state index >= 15 is 0 Å². The summed E-state index contributed by atoms with van der Waals surface area (Å²) in [5.41, 5.74) is 0. The van der Waals surface area contributed by atoms with Crippen molar-refractivity contribution in [1.82, 2.24) is 5.06 Å². The van der Waals surface area contributed by atoms with Gasteiger partial charge in [0, 0.05) is 13.1 Å².